The monoisotopic (exact) mass is 684 g/mol. The van der Waals surface area contributed by atoms with Crippen LogP contribution in [0.15, 0.2) is 61.2 Å². The summed E-state index contributed by atoms with van der Waals surface area (Å²) in [5.41, 5.74) is 2.35. The van der Waals surface area contributed by atoms with Crippen LogP contribution in [0.1, 0.15) is 68.5 Å². The molecule has 0 saturated heterocycles. The van der Waals surface area contributed by atoms with E-state index in [4.69, 9.17) is 21.7 Å². The van der Waals surface area contributed by atoms with Gasteiger partial charge in [-0.3, -0.25) is 15.1 Å². The number of halogens is 3. The molecule has 1 aliphatic rings. The van der Waals surface area contributed by atoms with Crippen LogP contribution in [0, 0.1) is 10.8 Å². The van der Waals surface area contributed by atoms with Crippen LogP contribution in [0.4, 0.5) is 13.6 Å². The molecule has 1 fully saturated rings. The molecular formula is C32H35ClF2N8O3S. The minimum atomic E-state index is -2.78. The SMILES string of the molecule is CC(C)(C)CCNC(=N)N(C(=O)c1ccc(-c2cnn(C(F)F)c2)cc1)[C@H](COC(=O)NC1CC1)c1ccc(Cl)c(-c2ncns2)c1. The number of alkyl carbamates (subject to hydrolysis) is 1. The maximum absolute atomic E-state index is 14.3. The van der Waals surface area contributed by atoms with Gasteiger partial charge in [0.1, 0.15) is 17.9 Å². The van der Waals surface area contributed by atoms with Crippen molar-refractivity contribution in [3.8, 4) is 21.7 Å². The zero-order valence-corrected chi connectivity index (χ0v) is 27.6. The zero-order chi connectivity index (χ0) is 33.7. The van der Waals surface area contributed by atoms with Crippen molar-refractivity contribution in [1.29, 1.82) is 5.41 Å². The van der Waals surface area contributed by atoms with Crippen LogP contribution in [0.3, 0.4) is 0 Å². The molecule has 2 aromatic carbocycles. The van der Waals surface area contributed by atoms with Crippen LogP contribution in [0.2, 0.25) is 5.02 Å². The Hall–Kier alpha value is -4.43. The van der Waals surface area contributed by atoms with E-state index in [9.17, 15) is 18.4 Å². The number of aromatic nitrogens is 4. The normalized spacial score (nSPS) is 13.7. The smallest absolute Gasteiger partial charge is 0.407 e. The standard InChI is InChI=1S/C32H35ClF2N8O3S/c1-32(2,3)12-13-37-30(36)43(28(44)20-6-4-19(5-7-20)22-15-39-42(16-22)29(34)35)26(17-46-31(45)41-23-9-10-23)21-8-11-25(33)24(14-21)27-38-18-40-47-27/h4-8,11,14-16,18,23,26,29H,9-10,12-13,17H2,1-3H3,(H2,36,37)(H,41,45)/t26-/m1/s1. The molecule has 0 unspecified atom stereocenters. The summed E-state index contributed by atoms with van der Waals surface area (Å²) in [7, 11) is 0. The van der Waals surface area contributed by atoms with Crippen molar-refractivity contribution in [2.75, 3.05) is 13.2 Å². The van der Waals surface area contributed by atoms with E-state index in [1.165, 1.54) is 23.6 Å². The second-order valence-corrected chi connectivity index (χ2v) is 13.5. The van der Waals surface area contributed by atoms with Gasteiger partial charge in [-0.1, -0.05) is 50.6 Å². The van der Waals surface area contributed by atoms with Crippen molar-refractivity contribution in [3.05, 3.63) is 77.3 Å². The average Bonchev–Trinajstić information content (AvgIpc) is 3.45. The summed E-state index contributed by atoms with van der Waals surface area (Å²) >= 11 is 7.69. The first-order chi connectivity index (χ1) is 22.4. The summed E-state index contributed by atoms with van der Waals surface area (Å²) in [6, 6.07) is 10.6. The second-order valence-electron chi connectivity index (χ2n) is 12.3. The summed E-state index contributed by atoms with van der Waals surface area (Å²) in [5.74, 6) is -0.734. The maximum Gasteiger partial charge on any atom is 0.407 e. The average molecular weight is 685 g/mol. The van der Waals surface area contributed by atoms with Gasteiger partial charge in [-0.05, 0) is 71.6 Å². The van der Waals surface area contributed by atoms with Gasteiger partial charge in [-0.25, -0.2) is 14.5 Å². The molecule has 0 bridgehead atoms. The van der Waals surface area contributed by atoms with E-state index in [0.717, 1.165) is 24.4 Å². The molecule has 4 aromatic rings. The number of benzene rings is 2. The Kier molecular flexibility index (Phi) is 10.5. The minimum Gasteiger partial charge on any atom is -0.447 e. The molecule has 11 nitrogen and oxygen atoms in total. The van der Waals surface area contributed by atoms with E-state index < -0.39 is 24.6 Å². The third-order valence-corrected chi connectivity index (χ3v) is 8.47. The number of ether oxygens (including phenoxy) is 1. The molecule has 2 aromatic heterocycles. The lowest BCUT2D eigenvalue weighted by molar-refractivity contribution is 0.0566. The van der Waals surface area contributed by atoms with Crippen molar-refractivity contribution in [1.82, 2.24) is 34.7 Å². The summed E-state index contributed by atoms with van der Waals surface area (Å²) in [6.07, 6.45) is 5.78. The van der Waals surface area contributed by atoms with Gasteiger partial charge in [0.25, 0.3) is 5.91 Å². The lowest BCUT2D eigenvalue weighted by Crippen LogP contribution is -2.48. The van der Waals surface area contributed by atoms with Crippen LogP contribution in [-0.4, -0.2) is 61.2 Å². The number of hydrogen-bond acceptors (Lipinski definition) is 8. The highest BCUT2D eigenvalue weighted by atomic mass is 35.5. The molecule has 248 valence electrons. The van der Waals surface area contributed by atoms with Crippen LogP contribution in [0.5, 0.6) is 0 Å². The predicted octanol–water partition coefficient (Wildman–Crippen LogP) is 7.15. The Morgan fingerprint density at radius 3 is 2.53 bits per heavy atom. The molecule has 2 heterocycles. The molecule has 1 saturated carbocycles. The number of nitrogens with one attached hydrogen (secondary N) is 3. The van der Waals surface area contributed by atoms with Gasteiger partial charge < -0.3 is 15.4 Å². The minimum absolute atomic E-state index is 0.0354. The summed E-state index contributed by atoms with van der Waals surface area (Å²) < 4.78 is 36.4. The lowest BCUT2D eigenvalue weighted by atomic mass is 9.92. The first-order valence-corrected chi connectivity index (χ1v) is 16.1. The summed E-state index contributed by atoms with van der Waals surface area (Å²) in [6.45, 7) is 3.59. The molecular weight excluding hydrogens is 650 g/mol. The first-order valence-electron chi connectivity index (χ1n) is 15.0. The Morgan fingerprint density at radius 1 is 1.17 bits per heavy atom. The fourth-order valence-corrected chi connectivity index (χ4v) is 5.51. The largest absolute Gasteiger partial charge is 0.447 e. The number of carbonyl (C=O) groups is 2. The van der Waals surface area contributed by atoms with E-state index in [2.05, 4.69) is 45.9 Å². The van der Waals surface area contributed by atoms with Crippen molar-refractivity contribution < 1.29 is 23.1 Å². The third kappa shape index (κ3) is 8.89. The molecule has 0 aliphatic heterocycles. The van der Waals surface area contributed by atoms with Gasteiger partial charge in [-0.15, -0.1) is 0 Å². The Morgan fingerprint density at radius 2 is 1.91 bits per heavy atom. The van der Waals surface area contributed by atoms with E-state index >= 15 is 0 Å². The van der Waals surface area contributed by atoms with E-state index in [-0.39, 0.29) is 29.6 Å². The molecule has 3 N–H and O–H groups in total. The van der Waals surface area contributed by atoms with Crippen molar-refractivity contribution in [2.24, 2.45) is 5.41 Å². The Labute approximate surface area is 280 Å². The van der Waals surface area contributed by atoms with Gasteiger partial charge >= 0.3 is 12.6 Å². The quantitative estimate of drug-likeness (QED) is 0.113. The predicted molar refractivity (Wildman–Crippen MR) is 175 cm³/mol. The molecule has 1 aliphatic carbocycles. The van der Waals surface area contributed by atoms with Gasteiger partial charge in [0.05, 0.1) is 17.3 Å². The number of alkyl halides is 2. The number of amides is 2. The van der Waals surface area contributed by atoms with Crippen molar-refractivity contribution in [3.63, 3.8) is 0 Å². The maximum atomic E-state index is 14.3. The topological polar surface area (TPSA) is 138 Å². The number of rotatable bonds is 11. The fraction of sp³-hybridized carbons (Fsp3) is 0.375. The number of hydrogen-bond donors (Lipinski definition) is 3. The third-order valence-electron chi connectivity index (χ3n) is 7.44. The molecule has 47 heavy (non-hydrogen) atoms. The van der Waals surface area contributed by atoms with Crippen LogP contribution in [0.25, 0.3) is 21.7 Å². The highest BCUT2D eigenvalue weighted by Crippen LogP contribution is 2.34. The first kappa shape index (κ1) is 33.9. The van der Waals surface area contributed by atoms with E-state index in [1.807, 2.05) is 0 Å². The highest BCUT2D eigenvalue weighted by molar-refractivity contribution is 7.09. The van der Waals surface area contributed by atoms with E-state index in [0.29, 0.717) is 49.9 Å². The van der Waals surface area contributed by atoms with Crippen molar-refractivity contribution >= 4 is 41.1 Å². The lowest BCUT2D eigenvalue weighted by Gasteiger charge is -2.33. The molecule has 0 radical (unpaired) electrons. The van der Waals surface area contributed by atoms with Crippen LogP contribution in [-0.2, 0) is 4.74 Å². The highest BCUT2D eigenvalue weighted by Gasteiger charge is 2.33. The zero-order valence-electron chi connectivity index (χ0n) is 26.0. The fourth-order valence-electron chi connectivity index (χ4n) is 4.69. The van der Waals surface area contributed by atoms with E-state index in [1.54, 1.807) is 42.5 Å². The van der Waals surface area contributed by atoms with Crippen LogP contribution < -0.4 is 10.6 Å². The van der Waals surface area contributed by atoms with Gasteiger partial charge in [0, 0.05) is 35.5 Å². The van der Waals surface area contributed by atoms with Gasteiger partial charge in [0.15, 0.2) is 5.96 Å². The number of nitrogens with zero attached hydrogens (tertiary/aromatic N) is 5. The van der Waals surface area contributed by atoms with Crippen LogP contribution >= 0.6 is 23.1 Å². The summed E-state index contributed by atoms with van der Waals surface area (Å²) in [4.78, 5) is 32.5. The molecule has 1 atom stereocenters. The number of guanidine groups is 1. The second kappa shape index (κ2) is 14.6. The summed E-state index contributed by atoms with van der Waals surface area (Å²) in [5, 5.41) is 19.6. The van der Waals surface area contributed by atoms with Gasteiger partial charge in [-0.2, -0.15) is 18.3 Å². The number of carbonyl (C=O) groups excluding carboxylic acids is 2. The molecule has 0 spiro atoms. The Balaban J connectivity index is 1.51. The van der Waals surface area contributed by atoms with Gasteiger partial charge in [0.2, 0.25) is 0 Å². The molecule has 2 amide bonds. The van der Waals surface area contributed by atoms with Crippen molar-refractivity contribution in [2.45, 2.75) is 58.7 Å². The Bertz CT molecular complexity index is 1710. The molecule has 5 rings (SSSR count). The molecule has 15 heteroatoms.